The smallest absolute Gasteiger partial charge is 0.339 e. The lowest BCUT2D eigenvalue weighted by molar-refractivity contribution is 0.0693. The number of aromatic carboxylic acids is 1. The van der Waals surface area contributed by atoms with Crippen molar-refractivity contribution in [1.82, 2.24) is 0 Å². The summed E-state index contributed by atoms with van der Waals surface area (Å²) in [6.45, 7) is 2.71. The predicted molar refractivity (Wildman–Crippen MR) is 135 cm³/mol. The summed E-state index contributed by atoms with van der Waals surface area (Å²) >= 11 is 0. The van der Waals surface area contributed by atoms with Gasteiger partial charge >= 0.3 is 5.97 Å². The van der Waals surface area contributed by atoms with Crippen molar-refractivity contribution in [2.24, 2.45) is 0 Å². The number of phenols is 1. The number of unbranched alkanes of at least 4 members (excludes halogenated alkanes) is 5. The van der Waals surface area contributed by atoms with Crippen LogP contribution >= 0.6 is 0 Å². The zero-order valence-electron chi connectivity index (χ0n) is 19.8. The summed E-state index contributed by atoms with van der Waals surface area (Å²) in [6.07, 6.45) is 8.87. The first-order valence-corrected chi connectivity index (χ1v) is 12.1. The van der Waals surface area contributed by atoms with Gasteiger partial charge < -0.3 is 19.4 Å². The van der Waals surface area contributed by atoms with Gasteiger partial charge in [-0.2, -0.15) is 0 Å². The zero-order valence-corrected chi connectivity index (χ0v) is 19.8. The van der Waals surface area contributed by atoms with E-state index in [4.69, 9.17) is 14.3 Å². The van der Waals surface area contributed by atoms with Gasteiger partial charge in [0, 0.05) is 0 Å². The van der Waals surface area contributed by atoms with Crippen LogP contribution in [0.15, 0.2) is 71.1 Å². The number of hydrogen-bond acceptors (Lipinski definition) is 4. The van der Waals surface area contributed by atoms with E-state index in [1.807, 2.05) is 43.3 Å². The molecule has 2 heterocycles. The molecular weight excluding hydrogens is 428 g/mol. The third-order valence-corrected chi connectivity index (χ3v) is 5.78. The maximum Gasteiger partial charge on any atom is 0.339 e. The molecule has 180 valence electrons. The highest BCUT2D eigenvalue weighted by Crippen LogP contribution is 2.22. The number of aryl methyl sites for hydroxylation is 2. The zero-order chi connectivity index (χ0) is 24.2. The van der Waals surface area contributed by atoms with Gasteiger partial charge in [-0.15, -0.1) is 0 Å². The summed E-state index contributed by atoms with van der Waals surface area (Å²) in [4.78, 5) is 11.0. The van der Waals surface area contributed by atoms with Crippen molar-refractivity contribution in [3.8, 4) is 11.5 Å². The maximum atomic E-state index is 11.0. The lowest BCUT2D eigenvalue weighted by Crippen LogP contribution is -1.98. The molecule has 5 heteroatoms. The van der Waals surface area contributed by atoms with Gasteiger partial charge in [0.1, 0.15) is 28.2 Å². The molecule has 0 saturated carbocycles. The lowest BCUT2D eigenvalue weighted by atomic mass is 10.0. The topological polar surface area (TPSA) is 79.9 Å². The number of rotatable bonds is 12. The van der Waals surface area contributed by atoms with Crippen LogP contribution in [0, 0.1) is 0 Å². The van der Waals surface area contributed by atoms with Crippen LogP contribution in [0.4, 0.5) is 0 Å². The molecule has 5 nitrogen and oxygen atoms in total. The van der Waals surface area contributed by atoms with Crippen molar-refractivity contribution in [3.63, 3.8) is 0 Å². The van der Waals surface area contributed by atoms with E-state index in [1.165, 1.54) is 37.3 Å². The summed E-state index contributed by atoms with van der Waals surface area (Å²) in [5.74, 6) is -0.243. The number of carboxylic acids is 1. The van der Waals surface area contributed by atoms with Crippen molar-refractivity contribution in [1.29, 1.82) is 0 Å². The molecule has 4 rings (SSSR count). The number of fused-ring (bicyclic) bond motifs is 2. The van der Waals surface area contributed by atoms with E-state index >= 15 is 0 Å². The van der Waals surface area contributed by atoms with Gasteiger partial charge in [-0.05, 0) is 86.2 Å². The van der Waals surface area contributed by atoms with E-state index in [1.54, 1.807) is 12.1 Å². The Hall–Kier alpha value is -3.47. The molecule has 0 aliphatic rings. The molecule has 0 atom stereocenters. The molecule has 0 radical (unpaired) electrons. The average Bonchev–Trinajstić information content (AvgIpc) is 3.49. The van der Waals surface area contributed by atoms with Crippen LogP contribution in [-0.4, -0.2) is 22.8 Å². The Morgan fingerprint density at radius 2 is 1.44 bits per heavy atom. The first-order chi connectivity index (χ1) is 16.6. The Bertz CT molecular complexity index is 1090. The van der Waals surface area contributed by atoms with Crippen LogP contribution in [0.25, 0.3) is 11.2 Å². The molecule has 2 N–H and O–H groups in total. The molecule has 0 aliphatic carbocycles. The number of carbonyl (C=O) groups is 1. The van der Waals surface area contributed by atoms with E-state index in [9.17, 15) is 9.90 Å². The Balaban J connectivity index is 0.000000387. The first kappa shape index (κ1) is 25.2. The SMILES string of the molecule is CCOc1ccccc1CCCCCCCCc1ccc(O)c(C(=O)O)c1.c1cc2ccc1o2. The van der Waals surface area contributed by atoms with Crippen molar-refractivity contribution >= 4 is 17.1 Å². The third-order valence-electron chi connectivity index (χ3n) is 5.78. The van der Waals surface area contributed by atoms with E-state index in [0.29, 0.717) is 6.61 Å². The van der Waals surface area contributed by atoms with E-state index in [0.717, 1.165) is 48.2 Å². The molecule has 0 aliphatic heterocycles. The number of benzene rings is 3. The summed E-state index contributed by atoms with van der Waals surface area (Å²) in [5.41, 5.74) is 4.18. The minimum Gasteiger partial charge on any atom is -0.507 e. The fourth-order valence-electron chi connectivity index (χ4n) is 3.98. The summed E-state index contributed by atoms with van der Waals surface area (Å²) in [7, 11) is 0. The normalized spacial score (nSPS) is 10.7. The Morgan fingerprint density at radius 1 is 0.824 bits per heavy atom. The summed E-state index contributed by atoms with van der Waals surface area (Å²) in [5, 5.41) is 18.6. The highest BCUT2D eigenvalue weighted by molar-refractivity contribution is 5.90. The highest BCUT2D eigenvalue weighted by Gasteiger charge is 2.09. The molecule has 4 aromatic rings. The largest absolute Gasteiger partial charge is 0.507 e. The van der Waals surface area contributed by atoms with Gasteiger partial charge in [-0.25, -0.2) is 4.79 Å². The Morgan fingerprint density at radius 3 is 2.03 bits per heavy atom. The van der Waals surface area contributed by atoms with Crippen molar-refractivity contribution in [2.75, 3.05) is 6.61 Å². The molecule has 2 aromatic carbocycles. The van der Waals surface area contributed by atoms with E-state index < -0.39 is 5.97 Å². The average molecular weight is 463 g/mol. The number of aromatic hydroxyl groups is 1. The Labute approximate surface area is 201 Å². The standard InChI is InChI=1S/C23H30O4.C6H4O/c1-2-27-22-14-10-9-13-19(22)12-8-6-4-3-5-7-11-18-15-16-21(24)20(17-18)23(25)26;1-2-6-4-3-5(1)7-6/h9-10,13-17,24H,2-8,11-12H2,1H3,(H,25,26);1-4H. The minimum absolute atomic E-state index is 0.0140. The first-order valence-electron chi connectivity index (χ1n) is 12.1. The number of para-hydroxylation sites is 1. The summed E-state index contributed by atoms with van der Waals surface area (Å²) < 4.78 is 10.8. The maximum absolute atomic E-state index is 11.0. The second kappa shape index (κ2) is 13.3. The number of hydrogen-bond donors (Lipinski definition) is 2. The highest BCUT2D eigenvalue weighted by atomic mass is 16.5. The van der Waals surface area contributed by atoms with Gasteiger partial charge in [0.2, 0.25) is 0 Å². The van der Waals surface area contributed by atoms with Gasteiger partial charge in [-0.1, -0.05) is 49.9 Å². The van der Waals surface area contributed by atoms with Gasteiger partial charge in [-0.3, -0.25) is 0 Å². The van der Waals surface area contributed by atoms with E-state index in [2.05, 4.69) is 12.1 Å². The van der Waals surface area contributed by atoms with Crippen LogP contribution < -0.4 is 4.74 Å². The molecule has 0 unspecified atom stereocenters. The molecule has 0 spiro atoms. The predicted octanol–water partition coefficient (Wildman–Crippen LogP) is 7.49. The fourth-order valence-corrected chi connectivity index (χ4v) is 3.98. The third kappa shape index (κ3) is 7.84. The molecule has 2 aromatic heterocycles. The van der Waals surface area contributed by atoms with Gasteiger partial charge in [0.25, 0.3) is 0 Å². The molecular formula is C29H34O5. The summed E-state index contributed by atoms with van der Waals surface area (Å²) in [6, 6.07) is 20.9. The van der Waals surface area contributed by atoms with Crippen molar-refractivity contribution in [2.45, 2.75) is 58.3 Å². The van der Waals surface area contributed by atoms with Crippen LogP contribution in [-0.2, 0) is 12.8 Å². The Kier molecular flexibility index (Phi) is 9.83. The van der Waals surface area contributed by atoms with Crippen LogP contribution in [0.2, 0.25) is 0 Å². The van der Waals surface area contributed by atoms with Crippen LogP contribution in [0.1, 0.15) is 66.9 Å². The molecule has 0 fully saturated rings. The minimum atomic E-state index is -1.08. The van der Waals surface area contributed by atoms with Crippen molar-refractivity contribution < 1.29 is 24.2 Å². The second-order valence-electron chi connectivity index (χ2n) is 8.39. The molecule has 0 saturated heterocycles. The van der Waals surface area contributed by atoms with Crippen LogP contribution in [0.5, 0.6) is 11.5 Å². The molecule has 0 amide bonds. The number of ether oxygens (including phenoxy) is 1. The molecule has 34 heavy (non-hydrogen) atoms. The van der Waals surface area contributed by atoms with Gasteiger partial charge in [0.15, 0.2) is 0 Å². The van der Waals surface area contributed by atoms with Gasteiger partial charge in [0.05, 0.1) is 6.61 Å². The quantitative estimate of drug-likeness (QED) is 0.213. The molecule has 2 bridgehead atoms. The monoisotopic (exact) mass is 462 g/mol. The van der Waals surface area contributed by atoms with Crippen molar-refractivity contribution in [3.05, 3.63) is 83.4 Å². The second-order valence-corrected chi connectivity index (χ2v) is 8.39. The van der Waals surface area contributed by atoms with E-state index in [-0.39, 0.29) is 11.3 Å². The van der Waals surface area contributed by atoms with Crippen LogP contribution in [0.3, 0.4) is 0 Å². The number of carboxylic acid groups (broad SMARTS) is 1. The fraction of sp³-hybridized carbons (Fsp3) is 0.345. The number of furan rings is 2. The lowest BCUT2D eigenvalue weighted by Gasteiger charge is -2.09.